The van der Waals surface area contributed by atoms with E-state index in [1.807, 2.05) is 30.3 Å². The molecule has 1 heterocycles. The zero-order valence-electron chi connectivity index (χ0n) is 14.8. The summed E-state index contributed by atoms with van der Waals surface area (Å²) >= 11 is 0. The van der Waals surface area contributed by atoms with E-state index in [4.69, 9.17) is 14.0 Å². The van der Waals surface area contributed by atoms with Crippen LogP contribution >= 0.6 is 0 Å². The third-order valence-electron chi connectivity index (χ3n) is 3.69. The summed E-state index contributed by atoms with van der Waals surface area (Å²) in [6.07, 6.45) is 1.60. The molecule has 7 nitrogen and oxygen atoms in total. The third kappa shape index (κ3) is 4.52. The molecule has 27 heavy (non-hydrogen) atoms. The topological polar surface area (TPSA) is 86.5 Å². The molecule has 0 radical (unpaired) electrons. The summed E-state index contributed by atoms with van der Waals surface area (Å²) in [7, 11) is 1.61. The summed E-state index contributed by atoms with van der Waals surface area (Å²) in [5.41, 5.74) is 1.41. The molecule has 0 unspecified atom stereocenters. The Morgan fingerprint density at radius 2 is 2.00 bits per heavy atom. The molecular formula is C20H19N3O4. The van der Waals surface area contributed by atoms with Crippen LogP contribution in [0.4, 0.5) is 0 Å². The maximum Gasteiger partial charge on any atom is 0.262 e. The number of rotatable bonds is 8. The average molecular weight is 365 g/mol. The van der Waals surface area contributed by atoms with E-state index in [1.54, 1.807) is 31.4 Å². The molecule has 3 rings (SSSR count). The van der Waals surface area contributed by atoms with Crippen LogP contribution in [0.25, 0.3) is 22.8 Å². The molecule has 0 fully saturated rings. The zero-order valence-corrected chi connectivity index (χ0v) is 14.8. The molecule has 0 spiro atoms. The van der Waals surface area contributed by atoms with Crippen LogP contribution in [0.2, 0.25) is 0 Å². The van der Waals surface area contributed by atoms with Gasteiger partial charge in [0, 0.05) is 12.1 Å². The molecule has 138 valence electrons. The van der Waals surface area contributed by atoms with Crippen molar-refractivity contribution in [1.29, 1.82) is 0 Å². The molecule has 1 aromatic heterocycles. The van der Waals surface area contributed by atoms with Crippen molar-refractivity contribution in [2.75, 3.05) is 20.3 Å². The van der Waals surface area contributed by atoms with Crippen molar-refractivity contribution in [3.05, 3.63) is 61.2 Å². The fourth-order valence-corrected chi connectivity index (χ4v) is 2.34. The summed E-state index contributed by atoms with van der Waals surface area (Å²) in [6.45, 7) is 3.82. The van der Waals surface area contributed by atoms with Crippen molar-refractivity contribution in [2.24, 2.45) is 0 Å². The molecule has 7 heteroatoms. The SMILES string of the molecule is C=CCNC(=O)COc1ccccc1-c1nc(-c2ccc(OC)cc2)no1. The minimum absolute atomic E-state index is 0.121. The minimum Gasteiger partial charge on any atom is -0.497 e. The van der Waals surface area contributed by atoms with Gasteiger partial charge in [0.15, 0.2) is 6.61 Å². The highest BCUT2D eigenvalue weighted by Crippen LogP contribution is 2.30. The molecule has 1 N–H and O–H groups in total. The van der Waals surface area contributed by atoms with Crippen molar-refractivity contribution in [2.45, 2.75) is 0 Å². The number of aromatic nitrogens is 2. The van der Waals surface area contributed by atoms with E-state index in [9.17, 15) is 4.79 Å². The molecular weight excluding hydrogens is 346 g/mol. The second-order valence-electron chi connectivity index (χ2n) is 5.53. The number of nitrogens with one attached hydrogen (secondary N) is 1. The van der Waals surface area contributed by atoms with Crippen LogP contribution in [-0.4, -0.2) is 36.3 Å². The highest BCUT2D eigenvalue weighted by atomic mass is 16.5. The maximum atomic E-state index is 11.7. The molecule has 0 saturated carbocycles. The number of carbonyl (C=O) groups excluding carboxylic acids is 1. The number of hydrogen-bond donors (Lipinski definition) is 1. The lowest BCUT2D eigenvalue weighted by atomic mass is 10.2. The van der Waals surface area contributed by atoms with Crippen LogP contribution in [0.1, 0.15) is 0 Å². The van der Waals surface area contributed by atoms with Crippen LogP contribution < -0.4 is 14.8 Å². The van der Waals surface area contributed by atoms with Gasteiger partial charge in [0.1, 0.15) is 11.5 Å². The second kappa shape index (κ2) is 8.66. The first-order valence-corrected chi connectivity index (χ1v) is 8.29. The number of benzene rings is 2. The smallest absolute Gasteiger partial charge is 0.262 e. The summed E-state index contributed by atoms with van der Waals surface area (Å²) in [5, 5.41) is 6.68. The molecule has 0 atom stereocenters. The van der Waals surface area contributed by atoms with Crippen molar-refractivity contribution in [3.63, 3.8) is 0 Å². The Morgan fingerprint density at radius 1 is 1.22 bits per heavy atom. The molecule has 0 aliphatic rings. The number of para-hydroxylation sites is 1. The number of carbonyl (C=O) groups is 1. The Morgan fingerprint density at radius 3 is 2.74 bits per heavy atom. The summed E-state index contributed by atoms with van der Waals surface area (Å²) < 4.78 is 16.1. The largest absolute Gasteiger partial charge is 0.497 e. The van der Waals surface area contributed by atoms with Gasteiger partial charge in [0.2, 0.25) is 5.82 Å². The van der Waals surface area contributed by atoms with Crippen molar-refractivity contribution in [3.8, 4) is 34.3 Å². The molecule has 0 bridgehead atoms. The number of nitrogens with zero attached hydrogens (tertiary/aromatic N) is 2. The van der Waals surface area contributed by atoms with Crippen LogP contribution in [-0.2, 0) is 4.79 Å². The van der Waals surface area contributed by atoms with Crippen molar-refractivity contribution < 1.29 is 18.8 Å². The van der Waals surface area contributed by atoms with Crippen molar-refractivity contribution in [1.82, 2.24) is 15.5 Å². The lowest BCUT2D eigenvalue weighted by Crippen LogP contribution is -2.28. The number of hydrogen-bond acceptors (Lipinski definition) is 6. The lowest BCUT2D eigenvalue weighted by molar-refractivity contribution is -0.122. The van der Waals surface area contributed by atoms with Crippen LogP contribution in [0.5, 0.6) is 11.5 Å². The Balaban J connectivity index is 1.77. The molecule has 2 aromatic carbocycles. The van der Waals surface area contributed by atoms with E-state index < -0.39 is 0 Å². The predicted molar refractivity (Wildman–Crippen MR) is 100 cm³/mol. The van der Waals surface area contributed by atoms with Gasteiger partial charge in [-0.3, -0.25) is 4.79 Å². The van der Waals surface area contributed by atoms with E-state index in [2.05, 4.69) is 22.0 Å². The van der Waals surface area contributed by atoms with E-state index in [1.165, 1.54) is 0 Å². The first-order chi connectivity index (χ1) is 13.2. The monoisotopic (exact) mass is 365 g/mol. The highest BCUT2D eigenvalue weighted by molar-refractivity contribution is 5.78. The first-order valence-electron chi connectivity index (χ1n) is 8.29. The number of methoxy groups -OCH3 is 1. The summed E-state index contributed by atoms with van der Waals surface area (Å²) in [4.78, 5) is 16.2. The predicted octanol–water partition coefficient (Wildman–Crippen LogP) is 3.09. The Hall–Kier alpha value is -3.61. The van der Waals surface area contributed by atoms with Crippen LogP contribution in [0, 0.1) is 0 Å². The van der Waals surface area contributed by atoms with Gasteiger partial charge in [0.25, 0.3) is 11.8 Å². The first kappa shape index (κ1) is 18.2. The molecule has 3 aromatic rings. The van der Waals surface area contributed by atoms with Gasteiger partial charge in [0.05, 0.1) is 12.7 Å². The van der Waals surface area contributed by atoms with Crippen LogP contribution in [0.15, 0.2) is 65.7 Å². The molecule has 0 aliphatic carbocycles. The van der Waals surface area contributed by atoms with Gasteiger partial charge in [-0.05, 0) is 36.4 Å². The van der Waals surface area contributed by atoms with E-state index in [0.717, 1.165) is 11.3 Å². The standard InChI is InChI=1S/C20H19N3O4/c1-3-12-21-18(24)13-26-17-7-5-4-6-16(17)20-22-19(23-27-20)14-8-10-15(25-2)11-9-14/h3-11H,1,12-13H2,2H3,(H,21,24). The van der Waals surface area contributed by atoms with Gasteiger partial charge < -0.3 is 19.3 Å². The molecule has 1 amide bonds. The fraction of sp³-hybridized carbons (Fsp3) is 0.150. The van der Waals surface area contributed by atoms with Gasteiger partial charge in [-0.25, -0.2) is 0 Å². The zero-order chi connectivity index (χ0) is 19.1. The number of amides is 1. The fourth-order valence-electron chi connectivity index (χ4n) is 2.34. The van der Waals surface area contributed by atoms with Crippen LogP contribution in [0.3, 0.4) is 0 Å². The maximum absolute atomic E-state index is 11.7. The van der Waals surface area contributed by atoms with Crippen molar-refractivity contribution >= 4 is 5.91 Å². The third-order valence-corrected chi connectivity index (χ3v) is 3.69. The Kier molecular flexibility index (Phi) is 5.84. The van der Waals surface area contributed by atoms with Gasteiger partial charge in [-0.1, -0.05) is 23.4 Å². The van der Waals surface area contributed by atoms with Gasteiger partial charge in [-0.2, -0.15) is 4.98 Å². The summed E-state index contributed by atoms with van der Waals surface area (Å²) in [5.74, 6) is 1.75. The van der Waals surface area contributed by atoms with Gasteiger partial charge >= 0.3 is 0 Å². The van der Waals surface area contributed by atoms with E-state index in [-0.39, 0.29) is 12.5 Å². The lowest BCUT2D eigenvalue weighted by Gasteiger charge is -2.08. The normalized spacial score (nSPS) is 10.3. The molecule has 0 aliphatic heterocycles. The second-order valence-corrected chi connectivity index (χ2v) is 5.53. The summed E-state index contributed by atoms with van der Waals surface area (Å²) in [6, 6.07) is 14.5. The molecule has 0 saturated heterocycles. The minimum atomic E-state index is -0.242. The van der Waals surface area contributed by atoms with E-state index in [0.29, 0.717) is 29.6 Å². The quantitative estimate of drug-likeness (QED) is 0.617. The van der Waals surface area contributed by atoms with E-state index >= 15 is 0 Å². The number of ether oxygens (including phenoxy) is 2. The average Bonchev–Trinajstić information content (AvgIpc) is 3.21. The highest BCUT2D eigenvalue weighted by Gasteiger charge is 2.15. The van der Waals surface area contributed by atoms with Gasteiger partial charge in [-0.15, -0.1) is 6.58 Å². The Labute approximate surface area is 156 Å². The Bertz CT molecular complexity index is 919.